The second kappa shape index (κ2) is 5.43. The Kier molecular flexibility index (Phi) is 3.57. The van der Waals surface area contributed by atoms with Crippen molar-refractivity contribution in [3.63, 3.8) is 0 Å². The van der Waals surface area contributed by atoms with Crippen molar-refractivity contribution in [2.45, 2.75) is 70.9 Å². The number of fused-ring (bicyclic) bond motifs is 3. The summed E-state index contributed by atoms with van der Waals surface area (Å²) >= 11 is 0. The number of hydrogen-bond donors (Lipinski definition) is 1. The Balaban J connectivity index is 1.42. The molecule has 4 rings (SSSR count). The molecule has 0 heterocycles. The lowest BCUT2D eigenvalue weighted by molar-refractivity contribution is 0.248. The quantitative estimate of drug-likeness (QED) is 0.848. The largest absolute Gasteiger partial charge is 0.307 e. The van der Waals surface area contributed by atoms with Crippen molar-refractivity contribution < 1.29 is 0 Å². The third kappa shape index (κ3) is 2.54. The zero-order valence-corrected chi connectivity index (χ0v) is 13.6. The van der Waals surface area contributed by atoms with Crippen molar-refractivity contribution in [3.05, 3.63) is 34.9 Å². The van der Waals surface area contributed by atoms with Crippen LogP contribution in [-0.2, 0) is 12.8 Å². The van der Waals surface area contributed by atoms with Gasteiger partial charge >= 0.3 is 0 Å². The molecular formula is C20H29N. The Labute approximate surface area is 129 Å². The molecule has 5 atom stereocenters. The van der Waals surface area contributed by atoms with Crippen LogP contribution < -0.4 is 5.32 Å². The summed E-state index contributed by atoms with van der Waals surface area (Å²) in [4.78, 5) is 0. The summed E-state index contributed by atoms with van der Waals surface area (Å²) in [7, 11) is 0. The summed E-state index contributed by atoms with van der Waals surface area (Å²) in [5.41, 5.74) is 4.69. The Bertz CT molecular complexity index is 521. The van der Waals surface area contributed by atoms with Crippen LogP contribution in [0, 0.1) is 17.8 Å². The van der Waals surface area contributed by atoms with E-state index in [0.717, 1.165) is 17.8 Å². The lowest BCUT2D eigenvalue weighted by atomic mass is 9.83. The van der Waals surface area contributed by atoms with Gasteiger partial charge in [0.05, 0.1) is 0 Å². The molecular weight excluding hydrogens is 254 g/mol. The van der Waals surface area contributed by atoms with Crippen LogP contribution in [0.1, 0.15) is 68.7 Å². The van der Waals surface area contributed by atoms with Crippen molar-refractivity contribution in [1.82, 2.24) is 5.32 Å². The fourth-order valence-electron chi connectivity index (χ4n) is 5.38. The second-order valence-electron chi connectivity index (χ2n) is 7.90. The minimum atomic E-state index is 0.491. The first-order chi connectivity index (χ1) is 10.2. The monoisotopic (exact) mass is 283 g/mol. The van der Waals surface area contributed by atoms with Crippen LogP contribution in [0.3, 0.4) is 0 Å². The topological polar surface area (TPSA) is 12.0 Å². The SMILES string of the molecule is CC(NC(C)C1CC2CCC1C2)c1ccc2c(c1)CCC2. The molecule has 5 unspecified atom stereocenters. The highest BCUT2D eigenvalue weighted by molar-refractivity contribution is 5.36. The van der Waals surface area contributed by atoms with Gasteiger partial charge in [0.15, 0.2) is 0 Å². The van der Waals surface area contributed by atoms with Crippen LogP contribution in [0.4, 0.5) is 0 Å². The molecule has 1 N–H and O–H groups in total. The van der Waals surface area contributed by atoms with Gasteiger partial charge in [0.2, 0.25) is 0 Å². The number of nitrogens with one attached hydrogen (secondary N) is 1. The molecule has 0 aromatic heterocycles. The molecule has 0 radical (unpaired) electrons. The van der Waals surface area contributed by atoms with Crippen molar-refractivity contribution in [3.8, 4) is 0 Å². The molecule has 0 spiro atoms. The maximum absolute atomic E-state index is 3.91. The molecule has 114 valence electrons. The third-order valence-electron chi connectivity index (χ3n) is 6.57. The molecule has 0 aliphatic heterocycles. The fraction of sp³-hybridized carbons (Fsp3) is 0.700. The zero-order chi connectivity index (χ0) is 14.4. The summed E-state index contributed by atoms with van der Waals surface area (Å²) in [5.74, 6) is 3.00. The standard InChI is InChI=1S/C20H29N/c1-13(17-9-8-16-4-3-5-18(16)12-17)21-14(2)20-11-15-6-7-19(20)10-15/h8-9,12-15,19-21H,3-7,10-11H2,1-2H3. The molecule has 1 nitrogen and oxygen atoms in total. The van der Waals surface area contributed by atoms with Crippen molar-refractivity contribution >= 4 is 0 Å². The van der Waals surface area contributed by atoms with Gasteiger partial charge in [-0.15, -0.1) is 0 Å². The maximum Gasteiger partial charge on any atom is 0.0294 e. The van der Waals surface area contributed by atoms with Crippen molar-refractivity contribution in [1.29, 1.82) is 0 Å². The first-order valence-corrected chi connectivity index (χ1v) is 9.08. The van der Waals surface area contributed by atoms with Gasteiger partial charge in [-0.3, -0.25) is 0 Å². The number of benzene rings is 1. The summed E-state index contributed by atoms with van der Waals surface area (Å²) in [5, 5.41) is 3.91. The van der Waals surface area contributed by atoms with E-state index in [-0.39, 0.29) is 0 Å². The molecule has 1 aromatic carbocycles. The first kappa shape index (κ1) is 13.8. The van der Waals surface area contributed by atoms with Crippen LogP contribution >= 0.6 is 0 Å². The van der Waals surface area contributed by atoms with Crippen molar-refractivity contribution in [2.75, 3.05) is 0 Å². The maximum atomic E-state index is 3.91. The Morgan fingerprint density at radius 1 is 1.05 bits per heavy atom. The first-order valence-electron chi connectivity index (χ1n) is 9.08. The van der Waals surface area contributed by atoms with E-state index in [1.54, 1.807) is 11.1 Å². The molecule has 21 heavy (non-hydrogen) atoms. The Morgan fingerprint density at radius 3 is 2.67 bits per heavy atom. The van der Waals surface area contributed by atoms with Gasteiger partial charge in [0, 0.05) is 12.1 Å². The molecule has 0 saturated heterocycles. The smallest absolute Gasteiger partial charge is 0.0294 e. The van der Waals surface area contributed by atoms with Crippen LogP contribution in [0.15, 0.2) is 18.2 Å². The van der Waals surface area contributed by atoms with Crippen LogP contribution in [0.5, 0.6) is 0 Å². The van der Waals surface area contributed by atoms with E-state index in [2.05, 4.69) is 37.4 Å². The molecule has 2 fully saturated rings. The van der Waals surface area contributed by atoms with E-state index in [9.17, 15) is 0 Å². The van der Waals surface area contributed by atoms with Gasteiger partial charge in [-0.1, -0.05) is 24.6 Å². The molecule has 3 aliphatic carbocycles. The number of aryl methyl sites for hydroxylation is 2. The van der Waals surface area contributed by atoms with Crippen LogP contribution in [0.25, 0.3) is 0 Å². The highest BCUT2D eigenvalue weighted by Crippen LogP contribution is 2.49. The number of hydrogen-bond acceptors (Lipinski definition) is 1. The van der Waals surface area contributed by atoms with E-state index < -0.39 is 0 Å². The Morgan fingerprint density at radius 2 is 1.90 bits per heavy atom. The van der Waals surface area contributed by atoms with Crippen molar-refractivity contribution in [2.24, 2.45) is 17.8 Å². The molecule has 1 heteroatoms. The summed E-state index contributed by atoms with van der Waals surface area (Å²) in [6.45, 7) is 4.77. The average molecular weight is 283 g/mol. The van der Waals surface area contributed by atoms with E-state index in [0.29, 0.717) is 12.1 Å². The molecule has 2 bridgehead atoms. The van der Waals surface area contributed by atoms with Gasteiger partial charge in [0.25, 0.3) is 0 Å². The second-order valence-corrected chi connectivity index (χ2v) is 7.90. The zero-order valence-electron chi connectivity index (χ0n) is 13.6. The predicted octanol–water partition coefficient (Wildman–Crippen LogP) is 4.65. The van der Waals surface area contributed by atoms with Gasteiger partial charge in [-0.25, -0.2) is 0 Å². The molecule has 0 amide bonds. The minimum absolute atomic E-state index is 0.491. The van der Waals surface area contributed by atoms with Gasteiger partial charge in [0.1, 0.15) is 0 Å². The molecule has 3 aliphatic rings. The third-order valence-corrected chi connectivity index (χ3v) is 6.57. The van der Waals surface area contributed by atoms with E-state index in [1.807, 2.05) is 0 Å². The lowest BCUT2D eigenvalue weighted by Crippen LogP contribution is -2.37. The van der Waals surface area contributed by atoms with Gasteiger partial charge in [-0.2, -0.15) is 0 Å². The summed E-state index contributed by atoms with van der Waals surface area (Å²) in [6, 6.07) is 8.36. The number of rotatable bonds is 4. The van der Waals surface area contributed by atoms with Crippen LogP contribution in [0.2, 0.25) is 0 Å². The average Bonchev–Trinajstić information content (AvgIpc) is 3.21. The van der Waals surface area contributed by atoms with Gasteiger partial charge < -0.3 is 5.32 Å². The van der Waals surface area contributed by atoms with Crippen LogP contribution in [-0.4, -0.2) is 6.04 Å². The Hall–Kier alpha value is -0.820. The lowest BCUT2D eigenvalue weighted by Gasteiger charge is -2.31. The summed E-state index contributed by atoms with van der Waals surface area (Å²) in [6.07, 6.45) is 9.93. The predicted molar refractivity (Wildman–Crippen MR) is 88.4 cm³/mol. The van der Waals surface area contributed by atoms with E-state index in [4.69, 9.17) is 0 Å². The summed E-state index contributed by atoms with van der Waals surface area (Å²) < 4.78 is 0. The van der Waals surface area contributed by atoms with Gasteiger partial charge in [-0.05, 0) is 86.8 Å². The normalized spacial score (nSPS) is 33.1. The van der Waals surface area contributed by atoms with E-state index in [1.165, 1.54) is 50.5 Å². The fourth-order valence-corrected chi connectivity index (χ4v) is 5.38. The molecule has 1 aromatic rings. The highest BCUT2D eigenvalue weighted by atomic mass is 14.9. The highest BCUT2D eigenvalue weighted by Gasteiger charge is 2.41. The minimum Gasteiger partial charge on any atom is -0.307 e. The van der Waals surface area contributed by atoms with E-state index >= 15 is 0 Å². The molecule has 2 saturated carbocycles.